The van der Waals surface area contributed by atoms with Gasteiger partial charge in [-0.05, 0) is 30.9 Å². The van der Waals surface area contributed by atoms with Gasteiger partial charge in [0.05, 0.1) is 11.1 Å². The van der Waals surface area contributed by atoms with Crippen LogP contribution in [0.1, 0.15) is 53.8 Å². The number of fused-ring (bicyclic) bond motifs is 1. The topological polar surface area (TPSA) is 37.4 Å². The quantitative estimate of drug-likeness (QED) is 0.747. The molecule has 1 unspecified atom stereocenters. The lowest BCUT2D eigenvalue weighted by Gasteiger charge is -2.15. The number of hydrogen-bond donors (Lipinski definition) is 0. The van der Waals surface area contributed by atoms with Crippen LogP contribution in [0.5, 0.6) is 0 Å². The third-order valence-electron chi connectivity index (χ3n) is 3.65. The molecule has 1 heterocycles. The molecule has 1 aromatic rings. The van der Waals surface area contributed by atoms with Gasteiger partial charge in [0.15, 0.2) is 0 Å². The predicted molar refractivity (Wildman–Crippen MR) is 70.5 cm³/mol. The molecular formula is C15H19NO2. The first-order valence-corrected chi connectivity index (χ1v) is 6.60. The number of hydrogen-bond acceptors (Lipinski definition) is 2. The Morgan fingerprint density at radius 3 is 2.17 bits per heavy atom. The molecule has 96 valence electrons. The molecule has 0 fully saturated rings. The molecule has 3 heteroatoms. The van der Waals surface area contributed by atoms with E-state index < -0.39 is 0 Å². The zero-order chi connectivity index (χ0) is 13.1. The minimum Gasteiger partial charge on any atom is -0.274 e. The van der Waals surface area contributed by atoms with Crippen molar-refractivity contribution in [1.82, 2.24) is 4.90 Å². The number of carbonyl (C=O) groups is 2. The number of carbonyl (C=O) groups excluding carboxylic acids is 2. The van der Waals surface area contributed by atoms with Crippen molar-refractivity contribution >= 4 is 11.8 Å². The molecule has 0 saturated heterocycles. The molecule has 0 N–H and O–H groups in total. The summed E-state index contributed by atoms with van der Waals surface area (Å²) in [6.07, 6.45) is 3.09. The van der Waals surface area contributed by atoms with Crippen LogP contribution in [0.3, 0.4) is 0 Å². The molecular weight excluding hydrogens is 226 g/mol. The Balaban J connectivity index is 2.01. The second-order valence-electron chi connectivity index (χ2n) is 4.96. The van der Waals surface area contributed by atoms with E-state index >= 15 is 0 Å². The highest BCUT2D eigenvalue weighted by Gasteiger charge is 2.34. The minimum atomic E-state index is -0.139. The van der Waals surface area contributed by atoms with Crippen LogP contribution in [0.25, 0.3) is 0 Å². The van der Waals surface area contributed by atoms with Crippen molar-refractivity contribution in [3.63, 3.8) is 0 Å². The van der Waals surface area contributed by atoms with E-state index in [4.69, 9.17) is 0 Å². The van der Waals surface area contributed by atoms with Gasteiger partial charge in [-0.2, -0.15) is 0 Å². The molecule has 0 aromatic heterocycles. The Bertz CT molecular complexity index is 432. The van der Waals surface area contributed by atoms with Gasteiger partial charge in [-0.25, -0.2) is 0 Å². The molecule has 0 aliphatic carbocycles. The first-order chi connectivity index (χ1) is 8.65. The molecule has 0 bridgehead atoms. The second-order valence-corrected chi connectivity index (χ2v) is 4.96. The summed E-state index contributed by atoms with van der Waals surface area (Å²) in [5.41, 5.74) is 1.09. The van der Waals surface area contributed by atoms with Gasteiger partial charge in [-0.3, -0.25) is 14.5 Å². The number of benzene rings is 1. The van der Waals surface area contributed by atoms with Crippen molar-refractivity contribution in [2.45, 2.75) is 33.1 Å². The largest absolute Gasteiger partial charge is 0.274 e. The molecule has 0 saturated carbocycles. The van der Waals surface area contributed by atoms with Crippen LogP contribution >= 0.6 is 0 Å². The standard InChI is InChI=1S/C15H19NO2/c1-3-11(2)7-6-10-16-14(17)12-8-4-5-9-13(12)15(16)18/h4-5,8-9,11H,3,6-7,10H2,1-2H3. The molecule has 1 atom stereocenters. The lowest BCUT2D eigenvalue weighted by atomic mass is 10.0. The molecule has 1 aliphatic rings. The van der Waals surface area contributed by atoms with E-state index in [0.29, 0.717) is 23.6 Å². The van der Waals surface area contributed by atoms with E-state index in [1.165, 1.54) is 4.90 Å². The van der Waals surface area contributed by atoms with E-state index in [9.17, 15) is 9.59 Å². The lowest BCUT2D eigenvalue weighted by molar-refractivity contribution is 0.0650. The van der Waals surface area contributed by atoms with Crippen LogP contribution in [0.2, 0.25) is 0 Å². The third-order valence-corrected chi connectivity index (χ3v) is 3.65. The normalized spacial score (nSPS) is 16.0. The molecule has 0 radical (unpaired) electrons. The van der Waals surface area contributed by atoms with Crippen molar-refractivity contribution in [2.75, 3.05) is 6.54 Å². The summed E-state index contributed by atoms with van der Waals surface area (Å²) in [5, 5.41) is 0. The first kappa shape index (κ1) is 12.8. The highest BCUT2D eigenvalue weighted by Crippen LogP contribution is 2.23. The van der Waals surface area contributed by atoms with Gasteiger partial charge in [-0.15, -0.1) is 0 Å². The van der Waals surface area contributed by atoms with Crippen molar-refractivity contribution < 1.29 is 9.59 Å². The Kier molecular flexibility index (Phi) is 3.80. The predicted octanol–water partition coefficient (Wildman–Crippen LogP) is 3.11. The van der Waals surface area contributed by atoms with E-state index in [-0.39, 0.29) is 11.8 Å². The van der Waals surface area contributed by atoms with Crippen LogP contribution < -0.4 is 0 Å². The molecule has 0 spiro atoms. The van der Waals surface area contributed by atoms with Gasteiger partial charge in [0.25, 0.3) is 11.8 Å². The summed E-state index contributed by atoms with van der Waals surface area (Å²) < 4.78 is 0. The SMILES string of the molecule is CCC(C)CCCN1C(=O)c2ccccc2C1=O. The van der Waals surface area contributed by atoms with Gasteiger partial charge >= 0.3 is 0 Å². The Morgan fingerprint density at radius 1 is 1.11 bits per heavy atom. The highest BCUT2D eigenvalue weighted by atomic mass is 16.2. The highest BCUT2D eigenvalue weighted by molar-refractivity contribution is 6.21. The average molecular weight is 245 g/mol. The smallest absolute Gasteiger partial charge is 0.261 e. The van der Waals surface area contributed by atoms with Crippen molar-refractivity contribution in [3.8, 4) is 0 Å². The van der Waals surface area contributed by atoms with Crippen LogP contribution in [0, 0.1) is 5.92 Å². The van der Waals surface area contributed by atoms with Crippen molar-refractivity contribution in [3.05, 3.63) is 35.4 Å². The van der Waals surface area contributed by atoms with Crippen LogP contribution in [-0.4, -0.2) is 23.3 Å². The summed E-state index contributed by atoms with van der Waals surface area (Å²) >= 11 is 0. The molecule has 2 amide bonds. The zero-order valence-electron chi connectivity index (χ0n) is 11.0. The maximum absolute atomic E-state index is 12.1. The number of imide groups is 1. The zero-order valence-corrected chi connectivity index (χ0v) is 11.0. The van der Waals surface area contributed by atoms with Crippen LogP contribution in [0.4, 0.5) is 0 Å². The van der Waals surface area contributed by atoms with Crippen molar-refractivity contribution in [2.24, 2.45) is 5.92 Å². The van der Waals surface area contributed by atoms with Gasteiger partial charge in [0.2, 0.25) is 0 Å². The minimum absolute atomic E-state index is 0.139. The maximum Gasteiger partial charge on any atom is 0.261 e. The molecule has 1 aliphatic heterocycles. The first-order valence-electron chi connectivity index (χ1n) is 6.60. The molecule has 1 aromatic carbocycles. The second kappa shape index (κ2) is 5.34. The summed E-state index contributed by atoms with van der Waals surface area (Å²) in [7, 11) is 0. The van der Waals surface area contributed by atoms with E-state index in [0.717, 1.165) is 19.3 Å². The molecule has 3 nitrogen and oxygen atoms in total. The number of nitrogens with zero attached hydrogens (tertiary/aromatic N) is 1. The van der Waals surface area contributed by atoms with Crippen molar-refractivity contribution in [1.29, 1.82) is 0 Å². The third kappa shape index (κ3) is 2.30. The summed E-state index contributed by atoms with van der Waals surface area (Å²) in [6.45, 7) is 4.89. The lowest BCUT2D eigenvalue weighted by Crippen LogP contribution is -2.30. The van der Waals surface area contributed by atoms with Gasteiger partial charge in [0, 0.05) is 6.54 Å². The summed E-state index contributed by atoms with van der Waals surface area (Å²) in [5.74, 6) is 0.375. The van der Waals surface area contributed by atoms with Gasteiger partial charge in [-0.1, -0.05) is 32.4 Å². The summed E-state index contributed by atoms with van der Waals surface area (Å²) in [4.78, 5) is 25.5. The molecule has 18 heavy (non-hydrogen) atoms. The van der Waals surface area contributed by atoms with Crippen LogP contribution in [-0.2, 0) is 0 Å². The Morgan fingerprint density at radius 2 is 1.67 bits per heavy atom. The number of amides is 2. The fourth-order valence-corrected chi connectivity index (χ4v) is 2.24. The van der Waals surface area contributed by atoms with Gasteiger partial charge < -0.3 is 0 Å². The summed E-state index contributed by atoms with van der Waals surface area (Å²) in [6, 6.07) is 7.05. The van der Waals surface area contributed by atoms with Gasteiger partial charge in [0.1, 0.15) is 0 Å². The fraction of sp³-hybridized carbons (Fsp3) is 0.467. The van der Waals surface area contributed by atoms with E-state index in [2.05, 4.69) is 13.8 Å². The monoisotopic (exact) mass is 245 g/mol. The van der Waals surface area contributed by atoms with Crippen LogP contribution in [0.15, 0.2) is 24.3 Å². The van der Waals surface area contributed by atoms with E-state index in [1.54, 1.807) is 24.3 Å². The number of rotatable bonds is 5. The Hall–Kier alpha value is -1.64. The molecule has 2 rings (SSSR count). The van der Waals surface area contributed by atoms with E-state index in [1.807, 2.05) is 0 Å². The fourth-order valence-electron chi connectivity index (χ4n) is 2.24. The average Bonchev–Trinajstić information content (AvgIpc) is 2.64. The Labute approximate surface area is 108 Å². The maximum atomic E-state index is 12.1.